The Morgan fingerprint density at radius 2 is 2.12 bits per heavy atom. The molecule has 0 bridgehead atoms. The molecule has 1 fully saturated rings. The van der Waals surface area contributed by atoms with Crippen molar-refractivity contribution in [2.45, 2.75) is 32.7 Å². The summed E-state index contributed by atoms with van der Waals surface area (Å²) in [4.78, 5) is 11.6. The van der Waals surface area contributed by atoms with Crippen LogP contribution in [0.25, 0.3) is 0 Å². The first kappa shape index (κ1) is 11.1. The number of carbonyl (C=O) groups excluding carboxylic acids is 1. The van der Waals surface area contributed by atoms with Crippen LogP contribution in [-0.2, 0) is 11.2 Å². The molecular weight excluding hydrogens is 205 g/mol. The highest BCUT2D eigenvalue weighted by atomic mass is 19.1. The van der Waals surface area contributed by atoms with E-state index in [0.717, 1.165) is 6.42 Å². The number of halogens is 1. The highest BCUT2D eigenvalue weighted by Crippen LogP contribution is 2.30. The minimum absolute atomic E-state index is 0.0550. The minimum atomic E-state index is -0.323. The predicted octanol–water partition coefficient (Wildman–Crippen LogP) is 2.28. The highest BCUT2D eigenvalue weighted by Gasteiger charge is 2.38. The maximum absolute atomic E-state index is 13.4. The van der Waals surface area contributed by atoms with Crippen LogP contribution in [0.3, 0.4) is 0 Å². The monoisotopic (exact) mass is 221 g/mol. The van der Waals surface area contributed by atoms with Gasteiger partial charge in [-0.15, -0.1) is 0 Å². The Hall–Kier alpha value is -1.38. The third kappa shape index (κ3) is 2.08. The lowest BCUT2D eigenvalue weighted by atomic mass is 9.88. The molecule has 0 aromatic heterocycles. The fourth-order valence-electron chi connectivity index (χ4n) is 2.19. The summed E-state index contributed by atoms with van der Waals surface area (Å²) in [6.07, 6.45) is 1.34. The summed E-state index contributed by atoms with van der Waals surface area (Å²) in [5.74, 6) is -0.129. The molecule has 1 N–H and O–H groups in total. The number of hydrogen-bond acceptors (Lipinski definition) is 1. The molecule has 2 rings (SSSR count). The van der Waals surface area contributed by atoms with Gasteiger partial charge >= 0.3 is 0 Å². The number of rotatable bonds is 2. The Bertz CT molecular complexity index is 414. The SMILES string of the molecule is CC1(C)CC(Cc2ccccc2F)NC1=O. The summed E-state index contributed by atoms with van der Waals surface area (Å²) in [7, 11) is 0. The number of hydrogen-bond donors (Lipinski definition) is 1. The van der Waals surface area contributed by atoms with Crippen molar-refractivity contribution in [3.05, 3.63) is 35.6 Å². The van der Waals surface area contributed by atoms with Gasteiger partial charge in [0.25, 0.3) is 0 Å². The van der Waals surface area contributed by atoms with Gasteiger partial charge in [-0.25, -0.2) is 4.39 Å². The zero-order chi connectivity index (χ0) is 11.8. The van der Waals surface area contributed by atoms with Gasteiger partial charge in [-0.3, -0.25) is 4.79 Å². The first-order valence-electron chi connectivity index (χ1n) is 5.53. The second kappa shape index (κ2) is 3.89. The van der Waals surface area contributed by atoms with Gasteiger partial charge in [0, 0.05) is 11.5 Å². The first-order valence-corrected chi connectivity index (χ1v) is 5.53. The average molecular weight is 221 g/mol. The van der Waals surface area contributed by atoms with E-state index in [1.54, 1.807) is 12.1 Å². The zero-order valence-corrected chi connectivity index (χ0v) is 9.59. The van der Waals surface area contributed by atoms with Crippen LogP contribution in [0, 0.1) is 11.2 Å². The molecule has 0 spiro atoms. The number of amides is 1. The summed E-state index contributed by atoms with van der Waals surface area (Å²) in [6.45, 7) is 3.84. The fourth-order valence-corrected chi connectivity index (χ4v) is 2.19. The lowest BCUT2D eigenvalue weighted by Crippen LogP contribution is -2.29. The maximum atomic E-state index is 13.4. The smallest absolute Gasteiger partial charge is 0.225 e. The van der Waals surface area contributed by atoms with Crippen LogP contribution in [0.2, 0.25) is 0 Å². The Labute approximate surface area is 94.9 Å². The van der Waals surface area contributed by atoms with Gasteiger partial charge in [0.2, 0.25) is 5.91 Å². The topological polar surface area (TPSA) is 29.1 Å². The molecule has 1 aliphatic rings. The summed E-state index contributed by atoms with van der Waals surface area (Å²) < 4.78 is 13.4. The second-order valence-electron chi connectivity index (χ2n) is 5.05. The van der Waals surface area contributed by atoms with Crippen molar-refractivity contribution in [3.8, 4) is 0 Å². The molecule has 16 heavy (non-hydrogen) atoms. The van der Waals surface area contributed by atoms with Crippen molar-refractivity contribution in [1.82, 2.24) is 5.32 Å². The van der Waals surface area contributed by atoms with Crippen molar-refractivity contribution in [3.63, 3.8) is 0 Å². The molecule has 1 aromatic rings. The summed E-state index contributed by atoms with van der Waals surface area (Å²) in [5, 5.41) is 2.91. The lowest BCUT2D eigenvalue weighted by Gasteiger charge is -2.13. The van der Waals surface area contributed by atoms with Crippen molar-refractivity contribution < 1.29 is 9.18 Å². The molecule has 0 saturated carbocycles. The number of benzene rings is 1. The van der Waals surface area contributed by atoms with E-state index in [2.05, 4.69) is 5.32 Å². The molecular formula is C13H16FNO. The van der Waals surface area contributed by atoms with Crippen LogP contribution in [-0.4, -0.2) is 11.9 Å². The molecule has 1 atom stereocenters. The standard InChI is InChI=1S/C13H16FNO/c1-13(2)8-10(15-12(13)16)7-9-5-3-4-6-11(9)14/h3-6,10H,7-8H2,1-2H3,(H,15,16). The third-order valence-electron chi connectivity index (χ3n) is 3.13. The second-order valence-corrected chi connectivity index (χ2v) is 5.05. The molecule has 1 heterocycles. The largest absolute Gasteiger partial charge is 0.353 e. The van der Waals surface area contributed by atoms with Crippen molar-refractivity contribution >= 4 is 5.91 Å². The highest BCUT2D eigenvalue weighted by molar-refractivity contribution is 5.84. The zero-order valence-electron chi connectivity index (χ0n) is 9.59. The van der Waals surface area contributed by atoms with Crippen LogP contribution < -0.4 is 5.32 Å². The van der Waals surface area contributed by atoms with E-state index in [9.17, 15) is 9.18 Å². The van der Waals surface area contributed by atoms with Crippen molar-refractivity contribution in [2.24, 2.45) is 5.41 Å². The van der Waals surface area contributed by atoms with Gasteiger partial charge in [-0.2, -0.15) is 0 Å². The Kier molecular flexibility index (Phi) is 2.70. The molecule has 1 aromatic carbocycles. The molecule has 0 radical (unpaired) electrons. The van der Waals surface area contributed by atoms with Crippen LogP contribution in [0.15, 0.2) is 24.3 Å². The molecule has 1 aliphatic heterocycles. The molecule has 3 heteroatoms. The van der Waals surface area contributed by atoms with Crippen molar-refractivity contribution in [2.75, 3.05) is 0 Å². The van der Waals surface area contributed by atoms with Crippen LogP contribution >= 0.6 is 0 Å². The van der Waals surface area contributed by atoms with Gasteiger partial charge in [-0.05, 0) is 24.5 Å². The van der Waals surface area contributed by atoms with Gasteiger partial charge in [0.15, 0.2) is 0 Å². The fraction of sp³-hybridized carbons (Fsp3) is 0.462. The van der Waals surface area contributed by atoms with E-state index in [1.807, 2.05) is 19.9 Å². The van der Waals surface area contributed by atoms with Gasteiger partial charge in [0.05, 0.1) is 0 Å². The van der Waals surface area contributed by atoms with E-state index in [0.29, 0.717) is 12.0 Å². The van der Waals surface area contributed by atoms with Crippen LogP contribution in [0.1, 0.15) is 25.8 Å². The number of carbonyl (C=O) groups is 1. The lowest BCUT2D eigenvalue weighted by molar-refractivity contribution is -0.126. The van der Waals surface area contributed by atoms with Gasteiger partial charge < -0.3 is 5.32 Å². The van der Waals surface area contributed by atoms with E-state index in [1.165, 1.54) is 6.07 Å². The predicted molar refractivity (Wildman–Crippen MR) is 60.4 cm³/mol. The molecule has 86 valence electrons. The summed E-state index contributed by atoms with van der Waals surface area (Å²) >= 11 is 0. The van der Waals surface area contributed by atoms with Crippen LogP contribution in [0.5, 0.6) is 0 Å². The van der Waals surface area contributed by atoms with Crippen LogP contribution in [0.4, 0.5) is 4.39 Å². The summed E-state index contributed by atoms with van der Waals surface area (Å²) in [5.41, 5.74) is 0.348. The van der Waals surface area contributed by atoms with E-state index >= 15 is 0 Å². The summed E-state index contributed by atoms with van der Waals surface area (Å²) in [6, 6.07) is 6.78. The first-order chi connectivity index (χ1) is 7.49. The number of nitrogens with one attached hydrogen (secondary N) is 1. The van der Waals surface area contributed by atoms with E-state index in [-0.39, 0.29) is 23.2 Å². The Morgan fingerprint density at radius 3 is 2.69 bits per heavy atom. The normalized spacial score (nSPS) is 23.2. The molecule has 2 nitrogen and oxygen atoms in total. The molecule has 0 aliphatic carbocycles. The molecule has 1 unspecified atom stereocenters. The van der Waals surface area contributed by atoms with Gasteiger partial charge in [0.1, 0.15) is 5.82 Å². The molecule has 1 amide bonds. The maximum Gasteiger partial charge on any atom is 0.225 e. The van der Waals surface area contributed by atoms with Gasteiger partial charge in [-0.1, -0.05) is 32.0 Å². The van der Waals surface area contributed by atoms with E-state index in [4.69, 9.17) is 0 Å². The van der Waals surface area contributed by atoms with E-state index < -0.39 is 0 Å². The van der Waals surface area contributed by atoms with Crippen molar-refractivity contribution in [1.29, 1.82) is 0 Å². The Morgan fingerprint density at radius 1 is 1.44 bits per heavy atom. The molecule has 1 saturated heterocycles. The third-order valence-corrected chi connectivity index (χ3v) is 3.13. The Balaban J connectivity index is 2.08. The average Bonchev–Trinajstić information content (AvgIpc) is 2.44. The minimum Gasteiger partial charge on any atom is -0.353 e. The quantitative estimate of drug-likeness (QED) is 0.815.